The summed E-state index contributed by atoms with van der Waals surface area (Å²) in [6.45, 7) is 8.02. The van der Waals surface area contributed by atoms with E-state index in [-0.39, 0.29) is 18.5 Å². The van der Waals surface area contributed by atoms with Gasteiger partial charge in [-0.2, -0.15) is 4.68 Å². The van der Waals surface area contributed by atoms with E-state index in [4.69, 9.17) is 9.47 Å². The Hall–Kier alpha value is -3.50. The van der Waals surface area contributed by atoms with Crippen LogP contribution < -0.4 is 15.7 Å². The molecule has 35 heavy (non-hydrogen) atoms. The summed E-state index contributed by atoms with van der Waals surface area (Å²) in [5.41, 5.74) is 1.83. The molecule has 10 nitrogen and oxygen atoms in total. The molecule has 1 aliphatic rings. The van der Waals surface area contributed by atoms with Gasteiger partial charge in [0, 0.05) is 31.7 Å². The second-order valence-electron chi connectivity index (χ2n) is 8.76. The van der Waals surface area contributed by atoms with Crippen LogP contribution in [0.2, 0.25) is 0 Å². The highest BCUT2D eigenvalue weighted by molar-refractivity contribution is 5.76. The summed E-state index contributed by atoms with van der Waals surface area (Å²) < 4.78 is 13.3. The van der Waals surface area contributed by atoms with E-state index in [2.05, 4.69) is 20.3 Å². The molecule has 0 unspecified atom stereocenters. The highest BCUT2D eigenvalue weighted by Gasteiger charge is 2.20. The van der Waals surface area contributed by atoms with E-state index in [1.54, 1.807) is 18.2 Å². The van der Waals surface area contributed by atoms with Gasteiger partial charge in [-0.15, -0.1) is 5.10 Å². The van der Waals surface area contributed by atoms with Crippen molar-refractivity contribution in [2.75, 3.05) is 40.0 Å². The summed E-state index contributed by atoms with van der Waals surface area (Å²) >= 11 is 0. The zero-order chi connectivity index (χ0) is 24.8. The SMILES string of the molecule is COc1cccc(-c2nn(-c3ccc(CCN4CCOCC4)cc3)c(=O)n2CC(=O)NC(C)C)n1. The quantitative estimate of drug-likeness (QED) is 0.495. The summed E-state index contributed by atoms with van der Waals surface area (Å²) in [6, 6.07) is 13.0. The number of morpholine rings is 1. The van der Waals surface area contributed by atoms with Crippen molar-refractivity contribution in [3.8, 4) is 23.1 Å². The molecule has 2 aromatic heterocycles. The minimum atomic E-state index is -0.412. The molecule has 4 rings (SSSR count). The number of hydrogen-bond acceptors (Lipinski definition) is 7. The van der Waals surface area contributed by atoms with Crippen molar-refractivity contribution in [2.24, 2.45) is 0 Å². The Morgan fingerprint density at radius 1 is 1.14 bits per heavy atom. The number of rotatable bonds is 9. The fraction of sp³-hybridized carbons (Fsp3) is 0.440. The molecule has 1 amide bonds. The first kappa shape index (κ1) is 24.6. The number of aromatic nitrogens is 4. The number of amides is 1. The van der Waals surface area contributed by atoms with Crippen molar-refractivity contribution in [2.45, 2.75) is 32.9 Å². The lowest BCUT2D eigenvalue weighted by Gasteiger charge is -2.26. The van der Waals surface area contributed by atoms with Gasteiger partial charge in [0.15, 0.2) is 5.82 Å². The van der Waals surface area contributed by atoms with Gasteiger partial charge in [0.05, 0.1) is 26.0 Å². The zero-order valence-corrected chi connectivity index (χ0v) is 20.4. The highest BCUT2D eigenvalue weighted by atomic mass is 16.5. The van der Waals surface area contributed by atoms with Gasteiger partial charge < -0.3 is 14.8 Å². The van der Waals surface area contributed by atoms with Crippen LogP contribution >= 0.6 is 0 Å². The normalized spacial score (nSPS) is 14.3. The molecule has 1 N–H and O–H groups in total. The second-order valence-corrected chi connectivity index (χ2v) is 8.76. The summed E-state index contributed by atoms with van der Waals surface area (Å²) in [7, 11) is 1.52. The number of pyridine rings is 1. The standard InChI is InChI=1S/C25H32N6O4/c1-18(2)26-22(32)17-30-24(21-5-4-6-23(27-21)34-3)28-31(25(30)33)20-9-7-19(8-10-20)11-12-29-13-15-35-16-14-29/h4-10,18H,11-17H2,1-3H3,(H,26,32). The third-order valence-electron chi connectivity index (χ3n) is 5.78. The molecule has 10 heteroatoms. The summed E-state index contributed by atoms with van der Waals surface area (Å²) in [5, 5.41) is 7.38. The van der Waals surface area contributed by atoms with Crippen molar-refractivity contribution in [3.63, 3.8) is 0 Å². The Bertz CT molecular complexity index is 1200. The maximum Gasteiger partial charge on any atom is 0.351 e. The predicted molar refractivity (Wildman–Crippen MR) is 132 cm³/mol. The molecular weight excluding hydrogens is 448 g/mol. The lowest BCUT2D eigenvalue weighted by atomic mass is 10.1. The number of carbonyl (C=O) groups is 1. The van der Waals surface area contributed by atoms with Crippen molar-refractivity contribution >= 4 is 5.91 Å². The van der Waals surface area contributed by atoms with Crippen LogP contribution in [-0.2, 0) is 22.5 Å². The first-order valence-electron chi connectivity index (χ1n) is 11.8. The minimum Gasteiger partial charge on any atom is -0.481 e. The first-order valence-corrected chi connectivity index (χ1v) is 11.8. The zero-order valence-electron chi connectivity index (χ0n) is 20.4. The van der Waals surface area contributed by atoms with Crippen molar-refractivity contribution in [3.05, 3.63) is 58.5 Å². The second kappa shape index (κ2) is 11.3. The minimum absolute atomic E-state index is 0.0448. The number of nitrogens with zero attached hydrogens (tertiary/aromatic N) is 5. The Kier molecular flexibility index (Phi) is 7.94. The highest BCUT2D eigenvalue weighted by Crippen LogP contribution is 2.18. The van der Waals surface area contributed by atoms with E-state index >= 15 is 0 Å². The fourth-order valence-corrected chi connectivity index (χ4v) is 3.98. The molecule has 186 valence electrons. The Morgan fingerprint density at radius 3 is 2.57 bits per heavy atom. The molecule has 1 aliphatic heterocycles. The number of carbonyl (C=O) groups excluding carboxylic acids is 1. The first-order chi connectivity index (χ1) is 16.9. The molecule has 3 aromatic rings. The van der Waals surface area contributed by atoms with Gasteiger partial charge in [-0.3, -0.25) is 14.3 Å². The number of hydrogen-bond donors (Lipinski definition) is 1. The van der Waals surface area contributed by atoms with Gasteiger partial charge in [-0.25, -0.2) is 9.78 Å². The van der Waals surface area contributed by atoms with Gasteiger partial charge in [0.1, 0.15) is 12.2 Å². The van der Waals surface area contributed by atoms with Gasteiger partial charge in [0.2, 0.25) is 11.8 Å². The molecule has 0 atom stereocenters. The van der Waals surface area contributed by atoms with Crippen LogP contribution in [0, 0.1) is 0 Å². The largest absolute Gasteiger partial charge is 0.481 e. The Morgan fingerprint density at radius 2 is 1.89 bits per heavy atom. The molecule has 1 aromatic carbocycles. The van der Waals surface area contributed by atoms with E-state index in [9.17, 15) is 9.59 Å². The van der Waals surface area contributed by atoms with Crippen molar-refractivity contribution in [1.82, 2.24) is 29.5 Å². The van der Waals surface area contributed by atoms with Crippen molar-refractivity contribution < 1.29 is 14.3 Å². The predicted octanol–water partition coefficient (Wildman–Crippen LogP) is 1.50. The monoisotopic (exact) mass is 480 g/mol. The Labute approximate surface area is 204 Å². The van der Waals surface area contributed by atoms with E-state index in [1.165, 1.54) is 21.9 Å². The van der Waals surface area contributed by atoms with Crippen LogP contribution in [-0.4, -0.2) is 76.1 Å². The number of benzene rings is 1. The van der Waals surface area contributed by atoms with Crippen LogP contribution in [0.3, 0.4) is 0 Å². The number of ether oxygens (including phenoxy) is 2. The third kappa shape index (κ3) is 6.14. The average Bonchev–Trinajstić information content (AvgIpc) is 3.19. The molecule has 3 heterocycles. The van der Waals surface area contributed by atoms with E-state index < -0.39 is 5.69 Å². The van der Waals surface area contributed by atoms with Crippen LogP contribution in [0.4, 0.5) is 0 Å². The van der Waals surface area contributed by atoms with Crippen LogP contribution in [0.1, 0.15) is 19.4 Å². The molecule has 0 spiro atoms. The van der Waals surface area contributed by atoms with E-state index in [0.717, 1.165) is 39.3 Å². The summed E-state index contributed by atoms with van der Waals surface area (Å²) in [4.78, 5) is 32.7. The van der Waals surface area contributed by atoms with Gasteiger partial charge in [-0.05, 0) is 44.0 Å². The third-order valence-corrected chi connectivity index (χ3v) is 5.78. The summed E-state index contributed by atoms with van der Waals surface area (Å²) in [6.07, 6.45) is 0.915. The molecule has 0 bridgehead atoms. The number of nitrogens with one attached hydrogen (secondary N) is 1. The molecule has 0 saturated carbocycles. The fourth-order valence-electron chi connectivity index (χ4n) is 3.98. The molecular formula is C25H32N6O4. The lowest BCUT2D eigenvalue weighted by molar-refractivity contribution is -0.122. The van der Waals surface area contributed by atoms with Crippen molar-refractivity contribution in [1.29, 1.82) is 0 Å². The maximum absolute atomic E-state index is 13.4. The van der Waals surface area contributed by atoms with E-state index in [1.807, 2.05) is 38.1 Å². The maximum atomic E-state index is 13.4. The molecule has 1 fully saturated rings. The topological polar surface area (TPSA) is 104 Å². The lowest BCUT2D eigenvalue weighted by Crippen LogP contribution is -2.37. The number of methoxy groups -OCH3 is 1. The molecule has 0 radical (unpaired) electrons. The van der Waals surface area contributed by atoms with Crippen LogP contribution in [0.15, 0.2) is 47.3 Å². The van der Waals surface area contributed by atoms with Crippen LogP contribution in [0.5, 0.6) is 5.88 Å². The van der Waals surface area contributed by atoms with Crippen LogP contribution in [0.25, 0.3) is 17.2 Å². The molecule has 0 aliphatic carbocycles. The van der Waals surface area contributed by atoms with Gasteiger partial charge in [-0.1, -0.05) is 18.2 Å². The Balaban J connectivity index is 1.61. The summed E-state index contributed by atoms with van der Waals surface area (Å²) in [5.74, 6) is 0.417. The smallest absolute Gasteiger partial charge is 0.351 e. The van der Waals surface area contributed by atoms with E-state index in [0.29, 0.717) is 23.1 Å². The average molecular weight is 481 g/mol. The van der Waals surface area contributed by atoms with Gasteiger partial charge in [0.25, 0.3) is 0 Å². The van der Waals surface area contributed by atoms with Gasteiger partial charge >= 0.3 is 5.69 Å². The molecule has 1 saturated heterocycles.